The first-order valence-corrected chi connectivity index (χ1v) is 13.4. The number of hydrogen-bond donors (Lipinski definition) is 0. The standard InChI is InChI=1S/C29H33F3N2O6/c1-5-10-18-16-20-21(29(30,31)32)17-23(35)40-25(20)19(11-6-2)24(18)39-14-8-7-13-34-26(36)28(3,33(4)27(34)37)22-12-9-15-38-22/h9,12,15-17H,5-8,10-11,13-14H2,1-4H3. The predicted octanol–water partition coefficient (Wildman–Crippen LogP) is 6.28. The van der Waals surface area contributed by atoms with Crippen molar-refractivity contribution in [1.82, 2.24) is 9.80 Å². The number of rotatable bonds is 11. The number of imide groups is 1. The van der Waals surface area contributed by atoms with Crippen molar-refractivity contribution >= 4 is 22.9 Å². The summed E-state index contributed by atoms with van der Waals surface area (Å²) in [4.78, 5) is 40.6. The summed E-state index contributed by atoms with van der Waals surface area (Å²) in [6.45, 7) is 5.81. The third-order valence-corrected chi connectivity index (χ3v) is 7.36. The maximum absolute atomic E-state index is 13.8. The van der Waals surface area contributed by atoms with Gasteiger partial charge >= 0.3 is 17.8 Å². The molecule has 11 heteroatoms. The van der Waals surface area contributed by atoms with Gasteiger partial charge in [-0.15, -0.1) is 0 Å². The lowest BCUT2D eigenvalue weighted by Crippen LogP contribution is -2.41. The SMILES string of the molecule is CCCc1cc2c(C(F)(F)F)cc(=O)oc2c(CCC)c1OCCCCN1C(=O)N(C)C(C)(c2ccco2)C1=O. The van der Waals surface area contributed by atoms with Crippen molar-refractivity contribution in [2.24, 2.45) is 0 Å². The summed E-state index contributed by atoms with van der Waals surface area (Å²) >= 11 is 0. The molecule has 0 saturated carbocycles. The molecule has 1 unspecified atom stereocenters. The lowest BCUT2D eigenvalue weighted by atomic mass is 9.96. The molecular weight excluding hydrogens is 529 g/mol. The molecule has 1 aromatic carbocycles. The van der Waals surface area contributed by atoms with Crippen molar-refractivity contribution in [3.8, 4) is 5.75 Å². The van der Waals surface area contributed by atoms with Crippen LogP contribution in [0.5, 0.6) is 5.75 Å². The van der Waals surface area contributed by atoms with Crippen LogP contribution in [0, 0.1) is 0 Å². The molecule has 1 aliphatic heterocycles. The molecule has 40 heavy (non-hydrogen) atoms. The number of carbonyl (C=O) groups is 2. The quantitative estimate of drug-likeness (QED) is 0.155. The van der Waals surface area contributed by atoms with Crippen molar-refractivity contribution in [3.05, 3.63) is 63.4 Å². The van der Waals surface area contributed by atoms with E-state index in [1.165, 1.54) is 22.1 Å². The third kappa shape index (κ3) is 5.21. The van der Waals surface area contributed by atoms with Crippen LogP contribution in [0.25, 0.3) is 11.0 Å². The summed E-state index contributed by atoms with van der Waals surface area (Å²) in [6, 6.07) is 4.79. The highest BCUT2D eigenvalue weighted by molar-refractivity contribution is 6.06. The van der Waals surface area contributed by atoms with Gasteiger partial charge in [-0.1, -0.05) is 26.7 Å². The number of amides is 3. The number of aryl methyl sites for hydroxylation is 2. The molecule has 1 aliphatic rings. The molecule has 0 radical (unpaired) electrons. The Morgan fingerprint density at radius 3 is 2.40 bits per heavy atom. The van der Waals surface area contributed by atoms with Crippen LogP contribution in [0.15, 0.2) is 44.2 Å². The molecule has 4 rings (SSSR count). The molecule has 0 spiro atoms. The Bertz CT molecular complexity index is 1450. The summed E-state index contributed by atoms with van der Waals surface area (Å²) in [7, 11) is 1.55. The van der Waals surface area contributed by atoms with E-state index in [0.29, 0.717) is 67.2 Å². The van der Waals surface area contributed by atoms with Gasteiger partial charge in [0, 0.05) is 30.6 Å². The van der Waals surface area contributed by atoms with Crippen LogP contribution in [0.2, 0.25) is 0 Å². The predicted molar refractivity (Wildman–Crippen MR) is 141 cm³/mol. The number of carbonyl (C=O) groups excluding carboxylic acids is 2. The third-order valence-electron chi connectivity index (χ3n) is 7.36. The van der Waals surface area contributed by atoms with E-state index in [-0.39, 0.29) is 30.0 Å². The maximum Gasteiger partial charge on any atom is 0.417 e. The lowest BCUT2D eigenvalue weighted by molar-refractivity contribution is -0.136. The van der Waals surface area contributed by atoms with Crippen LogP contribution in [-0.4, -0.2) is 41.9 Å². The number of benzene rings is 1. The Balaban J connectivity index is 1.53. The number of likely N-dealkylation sites (N-methyl/N-ethyl adjacent to an activating group) is 1. The minimum Gasteiger partial charge on any atom is -0.493 e. The van der Waals surface area contributed by atoms with E-state index < -0.39 is 28.9 Å². The highest BCUT2D eigenvalue weighted by Gasteiger charge is 2.55. The first kappa shape index (κ1) is 29.2. The fourth-order valence-corrected chi connectivity index (χ4v) is 5.19. The molecule has 1 fully saturated rings. The van der Waals surface area contributed by atoms with Gasteiger partial charge < -0.3 is 18.5 Å². The number of ether oxygens (including phenoxy) is 1. The molecule has 0 aliphatic carbocycles. The summed E-state index contributed by atoms with van der Waals surface area (Å²) < 4.78 is 58.2. The number of furan rings is 1. The Hall–Kier alpha value is -3.76. The fourth-order valence-electron chi connectivity index (χ4n) is 5.19. The molecule has 1 atom stereocenters. The van der Waals surface area contributed by atoms with E-state index in [9.17, 15) is 27.6 Å². The van der Waals surface area contributed by atoms with Crippen LogP contribution in [0.1, 0.15) is 68.9 Å². The molecule has 3 heterocycles. The number of fused-ring (bicyclic) bond motifs is 1. The average Bonchev–Trinajstić information content (AvgIpc) is 3.50. The molecule has 2 aromatic heterocycles. The maximum atomic E-state index is 13.8. The molecule has 216 valence electrons. The largest absolute Gasteiger partial charge is 0.493 e. The van der Waals surface area contributed by atoms with Gasteiger partial charge in [0.1, 0.15) is 17.1 Å². The van der Waals surface area contributed by atoms with E-state index in [2.05, 4.69) is 0 Å². The molecule has 8 nitrogen and oxygen atoms in total. The van der Waals surface area contributed by atoms with Crippen LogP contribution >= 0.6 is 0 Å². The zero-order valence-electron chi connectivity index (χ0n) is 23.0. The van der Waals surface area contributed by atoms with Gasteiger partial charge in [-0.05, 0) is 56.4 Å². The number of unbranched alkanes of at least 4 members (excludes halogenated alkanes) is 1. The van der Waals surface area contributed by atoms with E-state index in [4.69, 9.17) is 13.6 Å². The van der Waals surface area contributed by atoms with Gasteiger partial charge in [0.15, 0.2) is 5.54 Å². The number of nitrogens with zero attached hydrogens (tertiary/aromatic N) is 2. The number of hydrogen-bond acceptors (Lipinski definition) is 6. The summed E-state index contributed by atoms with van der Waals surface area (Å²) in [5, 5.41) is -0.152. The van der Waals surface area contributed by atoms with Crippen molar-refractivity contribution in [2.45, 2.75) is 71.0 Å². The smallest absolute Gasteiger partial charge is 0.417 e. The van der Waals surface area contributed by atoms with E-state index in [0.717, 1.165) is 0 Å². The second-order valence-electron chi connectivity index (χ2n) is 10.1. The van der Waals surface area contributed by atoms with Crippen molar-refractivity contribution in [3.63, 3.8) is 0 Å². The van der Waals surface area contributed by atoms with Crippen LogP contribution in [0.3, 0.4) is 0 Å². The van der Waals surface area contributed by atoms with E-state index in [1.807, 2.05) is 13.8 Å². The van der Waals surface area contributed by atoms with Crippen molar-refractivity contribution in [2.75, 3.05) is 20.2 Å². The normalized spacial score (nSPS) is 17.9. The Kier molecular flexibility index (Phi) is 8.32. The topological polar surface area (TPSA) is 93.2 Å². The molecule has 3 aromatic rings. The molecule has 0 N–H and O–H groups in total. The van der Waals surface area contributed by atoms with Gasteiger partial charge in [-0.3, -0.25) is 9.69 Å². The number of urea groups is 1. The number of alkyl halides is 3. The second-order valence-corrected chi connectivity index (χ2v) is 10.1. The average molecular weight is 563 g/mol. The summed E-state index contributed by atoms with van der Waals surface area (Å²) in [5.74, 6) is 0.427. The Labute approximate surface area is 229 Å². The molecular formula is C29H33F3N2O6. The van der Waals surface area contributed by atoms with Crippen LogP contribution < -0.4 is 10.4 Å². The van der Waals surface area contributed by atoms with E-state index >= 15 is 0 Å². The Morgan fingerprint density at radius 2 is 1.77 bits per heavy atom. The Morgan fingerprint density at radius 1 is 1.05 bits per heavy atom. The molecule has 1 saturated heterocycles. The zero-order valence-corrected chi connectivity index (χ0v) is 23.0. The minimum atomic E-state index is -4.71. The monoisotopic (exact) mass is 562 g/mol. The first-order chi connectivity index (χ1) is 18.9. The first-order valence-electron chi connectivity index (χ1n) is 13.4. The zero-order chi connectivity index (χ0) is 29.2. The summed E-state index contributed by atoms with van der Waals surface area (Å²) in [6.07, 6.45) is -0.223. The molecule has 0 bridgehead atoms. The van der Waals surface area contributed by atoms with E-state index in [1.54, 1.807) is 26.1 Å². The van der Waals surface area contributed by atoms with Gasteiger partial charge in [0.05, 0.1) is 18.4 Å². The van der Waals surface area contributed by atoms with Crippen LogP contribution in [0.4, 0.5) is 18.0 Å². The molecule has 3 amide bonds. The summed E-state index contributed by atoms with van der Waals surface area (Å²) in [5.41, 5.74) is -2.38. The minimum absolute atomic E-state index is 0.106. The lowest BCUT2D eigenvalue weighted by Gasteiger charge is -2.25. The second kappa shape index (κ2) is 11.4. The highest BCUT2D eigenvalue weighted by atomic mass is 19.4. The van der Waals surface area contributed by atoms with Crippen molar-refractivity contribution < 1.29 is 36.3 Å². The number of halogens is 3. The van der Waals surface area contributed by atoms with Gasteiger partial charge in [-0.25, -0.2) is 9.59 Å². The fraction of sp³-hybridized carbons (Fsp3) is 0.483. The van der Waals surface area contributed by atoms with Gasteiger partial charge in [-0.2, -0.15) is 13.2 Å². The van der Waals surface area contributed by atoms with Gasteiger partial charge in [0.2, 0.25) is 0 Å². The van der Waals surface area contributed by atoms with Gasteiger partial charge in [0.25, 0.3) is 5.91 Å². The highest BCUT2D eigenvalue weighted by Crippen LogP contribution is 2.40. The van der Waals surface area contributed by atoms with Crippen molar-refractivity contribution in [1.29, 1.82) is 0 Å². The van der Waals surface area contributed by atoms with Crippen LogP contribution in [-0.2, 0) is 29.4 Å².